The van der Waals surface area contributed by atoms with Crippen LogP contribution in [-0.2, 0) is 19.0 Å². The first-order chi connectivity index (χ1) is 5.97. The molecule has 0 aromatic rings. The molecule has 0 aromatic heterocycles. The van der Waals surface area contributed by atoms with Gasteiger partial charge < -0.3 is 14.2 Å². The average molecular weight is 188 g/mol. The van der Waals surface area contributed by atoms with Crippen LogP contribution in [0.2, 0.25) is 0 Å². The van der Waals surface area contributed by atoms with Gasteiger partial charge in [-0.1, -0.05) is 6.58 Å². The van der Waals surface area contributed by atoms with E-state index in [1.165, 1.54) is 14.2 Å². The summed E-state index contributed by atoms with van der Waals surface area (Å²) in [6, 6.07) is 0. The fraction of sp³-hybridized carbons (Fsp3) is 0.667. The Hall–Kier alpha value is -0.870. The first-order valence-electron chi connectivity index (χ1n) is 3.89. The lowest BCUT2D eigenvalue weighted by molar-refractivity contribution is -0.217. The van der Waals surface area contributed by atoms with Crippen molar-refractivity contribution in [2.24, 2.45) is 0 Å². The van der Waals surface area contributed by atoms with E-state index >= 15 is 0 Å². The van der Waals surface area contributed by atoms with Gasteiger partial charge in [0, 0.05) is 20.3 Å². The molecule has 0 aromatic carbocycles. The summed E-state index contributed by atoms with van der Waals surface area (Å²) in [5.74, 6) is -0.496. The third kappa shape index (κ3) is 3.57. The van der Waals surface area contributed by atoms with E-state index in [0.29, 0.717) is 0 Å². The standard InChI is InChI=1S/C9H16O4/c1-6-7(10)13-9(2,3)8(11-4)12-5/h6,8H,1H2,2-5H3. The zero-order valence-corrected chi connectivity index (χ0v) is 8.49. The maximum absolute atomic E-state index is 10.9. The summed E-state index contributed by atoms with van der Waals surface area (Å²) in [7, 11) is 2.97. The van der Waals surface area contributed by atoms with Gasteiger partial charge in [-0.3, -0.25) is 0 Å². The molecule has 0 bridgehead atoms. The van der Waals surface area contributed by atoms with Crippen LogP contribution in [-0.4, -0.2) is 32.1 Å². The van der Waals surface area contributed by atoms with Crippen LogP contribution in [0.5, 0.6) is 0 Å². The molecular formula is C9H16O4. The second-order valence-corrected chi connectivity index (χ2v) is 3.03. The van der Waals surface area contributed by atoms with Gasteiger partial charge in [0.2, 0.25) is 0 Å². The monoisotopic (exact) mass is 188 g/mol. The van der Waals surface area contributed by atoms with Crippen molar-refractivity contribution in [3.63, 3.8) is 0 Å². The molecule has 0 N–H and O–H groups in total. The summed E-state index contributed by atoms with van der Waals surface area (Å²) in [6.07, 6.45) is 0.515. The topological polar surface area (TPSA) is 44.8 Å². The molecule has 0 atom stereocenters. The Bertz CT molecular complexity index is 182. The lowest BCUT2D eigenvalue weighted by Crippen LogP contribution is -2.42. The van der Waals surface area contributed by atoms with Crippen molar-refractivity contribution in [3.05, 3.63) is 12.7 Å². The molecule has 0 fully saturated rings. The van der Waals surface area contributed by atoms with Crippen LogP contribution < -0.4 is 0 Å². The largest absolute Gasteiger partial charge is 0.451 e. The number of carbonyl (C=O) groups excluding carboxylic acids is 1. The maximum Gasteiger partial charge on any atom is 0.330 e. The van der Waals surface area contributed by atoms with Crippen LogP contribution in [0.15, 0.2) is 12.7 Å². The lowest BCUT2D eigenvalue weighted by atomic mass is 10.1. The maximum atomic E-state index is 10.9. The molecule has 0 amide bonds. The van der Waals surface area contributed by atoms with Gasteiger partial charge in [0.15, 0.2) is 11.9 Å². The van der Waals surface area contributed by atoms with Gasteiger partial charge in [-0.25, -0.2) is 4.79 Å². The minimum Gasteiger partial charge on any atom is -0.451 e. The van der Waals surface area contributed by atoms with Crippen molar-refractivity contribution in [2.75, 3.05) is 14.2 Å². The van der Waals surface area contributed by atoms with E-state index in [-0.39, 0.29) is 0 Å². The lowest BCUT2D eigenvalue weighted by Gasteiger charge is -2.30. The van der Waals surface area contributed by atoms with Gasteiger partial charge in [-0.05, 0) is 13.8 Å². The second kappa shape index (κ2) is 4.99. The Morgan fingerprint density at radius 1 is 1.38 bits per heavy atom. The van der Waals surface area contributed by atoms with Crippen molar-refractivity contribution in [1.29, 1.82) is 0 Å². The van der Waals surface area contributed by atoms with Crippen LogP contribution in [0.4, 0.5) is 0 Å². The van der Waals surface area contributed by atoms with Crippen molar-refractivity contribution in [3.8, 4) is 0 Å². The molecule has 4 heteroatoms. The number of esters is 1. The molecule has 0 spiro atoms. The van der Waals surface area contributed by atoms with Crippen molar-refractivity contribution in [2.45, 2.75) is 25.7 Å². The van der Waals surface area contributed by atoms with Crippen molar-refractivity contribution < 1.29 is 19.0 Å². The Morgan fingerprint density at radius 3 is 2.15 bits per heavy atom. The molecule has 0 aliphatic rings. The van der Waals surface area contributed by atoms with E-state index in [9.17, 15) is 4.79 Å². The zero-order valence-electron chi connectivity index (χ0n) is 8.49. The summed E-state index contributed by atoms with van der Waals surface area (Å²) >= 11 is 0. The van der Waals surface area contributed by atoms with Crippen molar-refractivity contribution in [1.82, 2.24) is 0 Å². The Labute approximate surface area is 78.5 Å². The van der Waals surface area contributed by atoms with E-state index in [0.717, 1.165) is 6.08 Å². The van der Waals surface area contributed by atoms with E-state index in [2.05, 4.69) is 6.58 Å². The molecular weight excluding hydrogens is 172 g/mol. The Morgan fingerprint density at radius 2 is 1.85 bits per heavy atom. The SMILES string of the molecule is C=CC(=O)OC(C)(C)C(OC)OC. The van der Waals surface area contributed by atoms with E-state index < -0.39 is 17.9 Å². The molecule has 0 aliphatic heterocycles. The molecule has 0 unspecified atom stereocenters. The zero-order chi connectivity index (χ0) is 10.5. The van der Waals surface area contributed by atoms with Crippen LogP contribution in [0.1, 0.15) is 13.8 Å². The number of hydrogen-bond donors (Lipinski definition) is 0. The summed E-state index contributed by atoms with van der Waals surface area (Å²) in [5, 5.41) is 0. The molecule has 76 valence electrons. The predicted octanol–water partition coefficient (Wildman–Crippen LogP) is 1.11. The van der Waals surface area contributed by atoms with Gasteiger partial charge in [0.25, 0.3) is 0 Å². The minimum atomic E-state index is -0.825. The van der Waals surface area contributed by atoms with Crippen LogP contribution in [0.3, 0.4) is 0 Å². The normalized spacial score (nSPS) is 11.5. The smallest absolute Gasteiger partial charge is 0.330 e. The highest BCUT2D eigenvalue weighted by Crippen LogP contribution is 2.18. The number of rotatable bonds is 5. The highest BCUT2D eigenvalue weighted by Gasteiger charge is 2.33. The van der Waals surface area contributed by atoms with E-state index in [1.54, 1.807) is 13.8 Å². The first kappa shape index (κ1) is 12.1. The third-order valence-electron chi connectivity index (χ3n) is 1.53. The van der Waals surface area contributed by atoms with Crippen LogP contribution >= 0.6 is 0 Å². The van der Waals surface area contributed by atoms with E-state index in [4.69, 9.17) is 14.2 Å². The molecule has 13 heavy (non-hydrogen) atoms. The summed E-state index contributed by atoms with van der Waals surface area (Å²) in [6.45, 7) is 6.70. The average Bonchev–Trinajstić information content (AvgIpc) is 2.05. The van der Waals surface area contributed by atoms with Crippen LogP contribution in [0.25, 0.3) is 0 Å². The highest BCUT2D eigenvalue weighted by molar-refractivity contribution is 5.81. The summed E-state index contributed by atoms with van der Waals surface area (Å²) in [4.78, 5) is 10.9. The highest BCUT2D eigenvalue weighted by atomic mass is 16.7. The van der Waals surface area contributed by atoms with Gasteiger partial charge >= 0.3 is 5.97 Å². The number of hydrogen-bond acceptors (Lipinski definition) is 4. The molecule has 0 aliphatic carbocycles. The van der Waals surface area contributed by atoms with Crippen LogP contribution in [0, 0.1) is 0 Å². The number of carbonyl (C=O) groups is 1. The molecule has 0 saturated heterocycles. The van der Waals surface area contributed by atoms with Gasteiger partial charge in [-0.15, -0.1) is 0 Å². The fourth-order valence-electron chi connectivity index (χ4n) is 1.01. The minimum absolute atomic E-state index is 0.496. The van der Waals surface area contributed by atoms with Gasteiger partial charge in [-0.2, -0.15) is 0 Å². The first-order valence-corrected chi connectivity index (χ1v) is 3.89. The predicted molar refractivity (Wildman–Crippen MR) is 48.2 cm³/mol. The molecule has 0 rings (SSSR count). The number of ether oxygens (including phenoxy) is 3. The van der Waals surface area contributed by atoms with Gasteiger partial charge in [0.1, 0.15) is 0 Å². The van der Waals surface area contributed by atoms with E-state index in [1.807, 2.05) is 0 Å². The molecule has 0 radical (unpaired) electrons. The third-order valence-corrected chi connectivity index (χ3v) is 1.53. The Kier molecular flexibility index (Phi) is 4.66. The van der Waals surface area contributed by atoms with Gasteiger partial charge in [0.05, 0.1) is 0 Å². The fourth-order valence-corrected chi connectivity index (χ4v) is 1.01. The number of methoxy groups -OCH3 is 2. The summed E-state index contributed by atoms with van der Waals surface area (Å²) in [5.41, 5.74) is -0.825. The molecule has 4 nitrogen and oxygen atoms in total. The molecule has 0 heterocycles. The molecule has 0 saturated carbocycles. The quantitative estimate of drug-likeness (QED) is 0.368. The second-order valence-electron chi connectivity index (χ2n) is 3.03. The summed E-state index contributed by atoms with van der Waals surface area (Å²) < 4.78 is 15.0. The Balaban J connectivity index is 4.34. The van der Waals surface area contributed by atoms with Crippen molar-refractivity contribution >= 4 is 5.97 Å².